The summed E-state index contributed by atoms with van der Waals surface area (Å²) in [6.45, 7) is 2.12. The van der Waals surface area contributed by atoms with Crippen LogP contribution < -0.4 is 4.57 Å². The maximum Gasteiger partial charge on any atom is 0.216 e. The van der Waals surface area contributed by atoms with Gasteiger partial charge in [0, 0.05) is 34.0 Å². The zero-order valence-electron chi connectivity index (χ0n) is 20.6. The normalized spacial score (nSPS) is 11.5. The SMILES string of the molecule is Cc1ccc2c(oc3c(-c4c5ccccc5cc5ccccc45)c(C#N)ccc32)c1-c1cccc[n+]1C. The van der Waals surface area contributed by atoms with Crippen molar-refractivity contribution < 1.29 is 8.98 Å². The van der Waals surface area contributed by atoms with E-state index in [1.54, 1.807) is 0 Å². The van der Waals surface area contributed by atoms with Crippen LogP contribution >= 0.6 is 0 Å². The largest absolute Gasteiger partial charge is 0.454 e. The molecular formula is C34H23N2O+. The van der Waals surface area contributed by atoms with Crippen molar-refractivity contribution >= 4 is 43.5 Å². The Bertz CT molecular complexity index is 2020. The van der Waals surface area contributed by atoms with Gasteiger partial charge in [-0.2, -0.15) is 5.26 Å². The summed E-state index contributed by atoms with van der Waals surface area (Å²) in [7, 11) is 2.05. The van der Waals surface area contributed by atoms with Crippen molar-refractivity contribution in [2.75, 3.05) is 0 Å². The molecule has 174 valence electrons. The molecule has 3 nitrogen and oxygen atoms in total. The second-order valence-corrected chi connectivity index (χ2v) is 9.60. The molecule has 0 atom stereocenters. The van der Waals surface area contributed by atoms with Crippen LogP contribution in [0.25, 0.3) is 65.9 Å². The van der Waals surface area contributed by atoms with E-state index in [9.17, 15) is 5.26 Å². The number of benzene rings is 5. The second kappa shape index (κ2) is 8.05. The molecule has 0 N–H and O–H groups in total. The monoisotopic (exact) mass is 475 g/mol. The molecule has 0 amide bonds. The molecule has 7 aromatic rings. The van der Waals surface area contributed by atoms with Crippen LogP contribution in [0, 0.1) is 18.3 Å². The standard InChI is InChI=1S/C34H23N2O/c1-21-14-16-27-28-17-15-24(20-35)31(34(28)37-33(27)30(21)29-13-7-8-18-36(29)2)32-25-11-5-3-9-22(25)19-23-10-4-6-12-26(23)32/h3-19H,1-2H3/q+1. The summed E-state index contributed by atoms with van der Waals surface area (Å²) >= 11 is 0. The van der Waals surface area contributed by atoms with Gasteiger partial charge in [-0.05, 0) is 58.3 Å². The molecule has 2 aromatic heterocycles. The molecule has 0 saturated heterocycles. The minimum Gasteiger partial charge on any atom is -0.454 e. The second-order valence-electron chi connectivity index (χ2n) is 9.60. The summed E-state index contributed by atoms with van der Waals surface area (Å²) in [5.41, 5.74) is 7.40. The van der Waals surface area contributed by atoms with Gasteiger partial charge in [-0.15, -0.1) is 0 Å². The minimum absolute atomic E-state index is 0.608. The predicted molar refractivity (Wildman–Crippen MR) is 150 cm³/mol. The van der Waals surface area contributed by atoms with Gasteiger partial charge in [0.05, 0.1) is 17.2 Å². The number of aryl methyl sites for hydroxylation is 2. The van der Waals surface area contributed by atoms with E-state index in [0.29, 0.717) is 5.56 Å². The molecule has 0 aliphatic heterocycles. The lowest BCUT2D eigenvalue weighted by Crippen LogP contribution is -2.30. The van der Waals surface area contributed by atoms with E-state index in [1.165, 1.54) is 0 Å². The van der Waals surface area contributed by atoms with E-state index in [1.807, 2.05) is 18.2 Å². The highest BCUT2D eigenvalue weighted by Gasteiger charge is 2.24. The molecule has 37 heavy (non-hydrogen) atoms. The van der Waals surface area contributed by atoms with Crippen molar-refractivity contribution in [1.82, 2.24) is 0 Å². The van der Waals surface area contributed by atoms with E-state index in [-0.39, 0.29) is 0 Å². The third-order valence-corrected chi connectivity index (χ3v) is 7.47. The summed E-state index contributed by atoms with van der Waals surface area (Å²) in [6, 6.07) is 35.9. The third kappa shape index (κ3) is 3.09. The van der Waals surface area contributed by atoms with Crippen LogP contribution in [-0.2, 0) is 7.05 Å². The third-order valence-electron chi connectivity index (χ3n) is 7.47. The Balaban J connectivity index is 1.69. The average molecular weight is 476 g/mol. The number of hydrogen-bond donors (Lipinski definition) is 0. The van der Waals surface area contributed by atoms with Crippen molar-refractivity contribution in [2.24, 2.45) is 7.05 Å². The first kappa shape index (κ1) is 21.4. The van der Waals surface area contributed by atoms with Crippen molar-refractivity contribution in [1.29, 1.82) is 5.26 Å². The molecule has 0 radical (unpaired) electrons. The van der Waals surface area contributed by atoms with Crippen molar-refractivity contribution in [2.45, 2.75) is 6.92 Å². The summed E-state index contributed by atoms with van der Waals surface area (Å²) in [6.07, 6.45) is 2.05. The Morgan fingerprint density at radius 1 is 0.649 bits per heavy atom. The lowest BCUT2D eigenvalue weighted by molar-refractivity contribution is -0.660. The number of aromatic nitrogens is 1. The van der Waals surface area contributed by atoms with Crippen molar-refractivity contribution in [3.63, 3.8) is 0 Å². The number of nitrogens with zero attached hydrogens (tertiary/aromatic N) is 2. The number of nitriles is 1. The number of furan rings is 1. The molecule has 7 rings (SSSR count). The first-order chi connectivity index (χ1) is 18.2. The van der Waals surface area contributed by atoms with Gasteiger partial charge in [0.15, 0.2) is 6.20 Å². The van der Waals surface area contributed by atoms with Crippen LogP contribution in [0.15, 0.2) is 108 Å². The molecular weight excluding hydrogens is 452 g/mol. The number of pyridine rings is 1. The maximum atomic E-state index is 10.3. The Kier molecular flexibility index (Phi) is 4.64. The van der Waals surface area contributed by atoms with Crippen molar-refractivity contribution in [3.05, 3.63) is 114 Å². The van der Waals surface area contributed by atoms with Gasteiger partial charge in [0.25, 0.3) is 0 Å². The van der Waals surface area contributed by atoms with E-state index < -0.39 is 0 Å². The Labute approximate surface area is 214 Å². The molecule has 0 unspecified atom stereocenters. The zero-order valence-corrected chi connectivity index (χ0v) is 20.6. The van der Waals surface area contributed by atoms with E-state index in [0.717, 1.165) is 71.4 Å². The summed E-state index contributed by atoms with van der Waals surface area (Å²) in [5.74, 6) is 0. The molecule has 5 aromatic carbocycles. The van der Waals surface area contributed by atoms with Gasteiger partial charge in [0.2, 0.25) is 5.69 Å². The average Bonchev–Trinajstić information content (AvgIpc) is 3.30. The molecule has 0 fully saturated rings. The molecule has 0 saturated carbocycles. The topological polar surface area (TPSA) is 40.8 Å². The highest BCUT2D eigenvalue weighted by atomic mass is 16.3. The lowest BCUT2D eigenvalue weighted by Gasteiger charge is -2.13. The summed E-state index contributed by atoms with van der Waals surface area (Å²) in [5, 5.41) is 16.8. The van der Waals surface area contributed by atoms with E-state index in [4.69, 9.17) is 4.42 Å². The van der Waals surface area contributed by atoms with E-state index in [2.05, 4.69) is 110 Å². The summed E-state index contributed by atoms with van der Waals surface area (Å²) in [4.78, 5) is 0. The van der Waals surface area contributed by atoms with Gasteiger partial charge in [-0.3, -0.25) is 0 Å². The van der Waals surface area contributed by atoms with Crippen molar-refractivity contribution in [3.8, 4) is 28.5 Å². The highest BCUT2D eigenvalue weighted by Crippen LogP contribution is 2.45. The van der Waals surface area contributed by atoms with Gasteiger partial charge < -0.3 is 4.42 Å². The molecule has 3 heteroatoms. The van der Waals surface area contributed by atoms with Crippen LogP contribution in [0.3, 0.4) is 0 Å². The predicted octanol–water partition coefficient (Wildman–Crippen LogP) is 8.23. The van der Waals surface area contributed by atoms with Crippen LogP contribution in [0.1, 0.15) is 11.1 Å². The Hall–Kier alpha value is -4.94. The van der Waals surface area contributed by atoms with Gasteiger partial charge >= 0.3 is 0 Å². The summed E-state index contributed by atoms with van der Waals surface area (Å²) < 4.78 is 8.96. The first-order valence-corrected chi connectivity index (χ1v) is 12.4. The molecule has 0 aliphatic rings. The Morgan fingerprint density at radius 3 is 1.95 bits per heavy atom. The fourth-order valence-electron chi connectivity index (χ4n) is 5.73. The lowest BCUT2D eigenvalue weighted by atomic mass is 9.88. The van der Waals surface area contributed by atoms with E-state index >= 15 is 0 Å². The molecule has 2 heterocycles. The van der Waals surface area contributed by atoms with Crippen LogP contribution in [0.2, 0.25) is 0 Å². The number of hydrogen-bond acceptors (Lipinski definition) is 2. The minimum atomic E-state index is 0.608. The number of rotatable bonds is 2. The first-order valence-electron chi connectivity index (χ1n) is 12.4. The molecule has 0 aliphatic carbocycles. The van der Waals surface area contributed by atoms with Crippen LogP contribution in [-0.4, -0.2) is 0 Å². The van der Waals surface area contributed by atoms with Gasteiger partial charge in [-0.1, -0.05) is 60.7 Å². The smallest absolute Gasteiger partial charge is 0.216 e. The maximum absolute atomic E-state index is 10.3. The van der Waals surface area contributed by atoms with Crippen LogP contribution in [0.5, 0.6) is 0 Å². The van der Waals surface area contributed by atoms with Gasteiger partial charge in [-0.25, -0.2) is 4.57 Å². The van der Waals surface area contributed by atoms with Gasteiger partial charge in [0.1, 0.15) is 18.2 Å². The Morgan fingerprint density at radius 2 is 1.27 bits per heavy atom. The molecule has 0 bridgehead atoms. The fourth-order valence-corrected chi connectivity index (χ4v) is 5.73. The quantitative estimate of drug-likeness (QED) is 0.187. The highest BCUT2D eigenvalue weighted by molar-refractivity contribution is 6.20. The molecule has 0 spiro atoms. The number of fused-ring (bicyclic) bond motifs is 5. The van der Waals surface area contributed by atoms with Crippen LogP contribution in [0.4, 0.5) is 0 Å². The fraction of sp³-hybridized carbons (Fsp3) is 0.0588. The zero-order chi connectivity index (χ0) is 25.1.